The number of nitrogens with zero attached hydrogens (tertiary/aromatic N) is 4. The molecule has 0 spiro atoms. The van der Waals surface area contributed by atoms with E-state index in [2.05, 4.69) is 17.2 Å². The first-order chi connectivity index (χ1) is 16.0. The van der Waals surface area contributed by atoms with Crippen molar-refractivity contribution >= 4 is 23.4 Å². The Hall–Kier alpha value is -3.16. The van der Waals surface area contributed by atoms with E-state index in [1.807, 2.05) is 20.6 Å². The number of benzene rings is 1. The maximum atomic E-state index is 13.0. The fraction of sp³-hybridized carbons (Fsp3) is 0.520. The molecule has 8 heteroatoms. The number of rotatable bonds is 6. The number of aromatic nitrogens is 2. The highest BCUT2D eigenvalue weighted by Gasteiger charge is 2.31. The van der Waals surface area contributed by atoms with Crippen LogP contribution in [0.5, 0.6) is 0 Å². The van der Waals surface area contributed by atoms with Crippen LogP contribution in [-0.2, 0) is 16.1 Å². The average molecular weight is 452 g/mol. The monoisotopic (exact) mass is 451 g/mol. The summed E-state index contributed by atoms with van der Waals surface area (Å²) in [6.45, 7) is 5.68. The van der Waals surface area contributed by atoms with Crippen LogP contribution in [0, 0.1) is 11.8 Å². The van der Waals surface area contributed by atoms with Crippen LogP contribution in [0.15, 0.2) is 43.0 Å². The highest BCUT2D eigenvalue weighted by molar-refractivity contribution is 5.97. The van der Waals surface area contributed by atoms with Gasteiger partial charge < -0.3 is 19.7 Å². The summed E-state index contributed by atoms with van der Waals surface area (Å²) in [4.78, 5) is 46.0. The van der Waals surface area contributed by atoms with Crippen molar-refractivity contribution in [3.05, 3.63) is 48.5 Å². The van der Waals surface area contributed by atoms with Crippen molar-refractivity contribution < 1.29 is 14.4 Å². The summed E-state index contributed by atoms with van der Waals surface area (Å²) in [7, 11) is 0. The fourth-order valence-electron chi connectivity index (χ4n) is 4.60. The highest BCUT2D eigenvalue weighted by Crippen LogP contribution is 2.25. The van der Waals surface area contributed by atoms with Gasteiger partial charge in [-0.3, -0.25) is 14.4 Å². The van der Waals surface area contributed by atoms with Crippen molar-refractivity contribution in [2.75, 3.05) is 31.5 Å². The van der Waals surface area contributed by atoms with Gasteiger partial charge in [0.2, 0.25) is 11.8 Å². The van der Waals surface area contributed by atoms with Gasteiger partial charge in [0.25, 0.3) is 5.91 Å². The summed E-state index contributed by atoms with van der Waals surface area (Å²) in [5.41, 5.74) is 1.16. The van der Waals surface area contributed by atoms with E-state index >= 15 is 0 Å². The molecule has 2 aliphatic heterocycles. The summed E-state index contributed by atoms with van der Waals surface area (Å²) in [6.07, 6.45) is 9.08. The summed E-state index contributed by atoms with van der Waals surface area (Å²) < 4.78 is 1.85. The molecule has 3 amide bonds. The molecular formula is C25H33N5O3. The standard InChI is InChI=1S/C25H33N5O3/c1-19-5-12-29(13-6-19)24(32)20-7-14-30(15-8-20)25(33)21-3-2-4-22(17-21)27-23(31)9-11-28-16-10-26-18-28/h2-4,10,16-20H,5-9,11-15H2,1H3,(H,27,31). The first-order valence-corrected chi connectivity index (χ1v) is 11.9. The first-order valence-electron chi connectivity index (χ1n) is 11.9. The predicted octanol–water partition coefficient (Wildman–Crippen LogP) is 3.02. The Bertz CT molecular complexity index is 958. The van der Waals surface area contributed by atoms with E-state index in [1.54, 1.807) is 36.8 Å². The molecule has 2 saturated heterocycles. The van der Waals surface area contributed by atoms with Crippen molar-refractivity contribution in [2.24, 2.45) is 11.8 Å². The molecule has 2 fully saturated rings. The van der Waals surface area contributed by atoms with Gasteiger partial charge >= 0.3 is 0 Å². The van der Waals surface area contributed by atoms with Crippen LogP contribution in [-0.4, -0.2) is 63.3 Å². The van der Waals surface area contributed by atoms with Crippen LogP contribution in [0.25, 0.3) is 0 Å². The maximum absolute atomic E-state index is 13.0. The number of aryl methyl sites for hydroxylation is 1. The number of nitrogens with one attached hydrogen (secondary N) is 1. The Labute approximate surface area is 195 Å². The van der Waals surface area contributed by atoms with Crippen molar-refractivity contribution in [1.82, 2.24) is 19.4 Å². The molecule has 8 nitrogen and oxygen atoms in total. The zero-order chi connectivity index (χ0) is 23.2. The van der Waals surface area contributed by atoms with Crippen molar-refractivity contribution in [2.45, 2.75) is 45.6 Å². The Kier molecular flexibility index (Phi) is 7.42. The summed E-state index contributed by atoms with van der Waals surface area (Å²) in [5.74, 6) is 0.811. The number of likely N-dealkylation sites (tertiary alicyclic amines) is 2. The maximum Gasteiger partial charge on any atom is 0.253 e. The third kappa shape index (κ3) is 6.00. The van der Waals surface area contributed by atoms with Gasteiger partial charge in [-0.25, -0.2) is 4.98 Å². The molecule has 1 aromatic carbocycles. The van der Waals surface area contributed by atoms with E-state index < -0.39 is 0 Å². The molecule has 1 N–H and O–H groups in total. The van der Waals surface area contributed by atoms with E-state index in [1.165, 1.54) is 0 Å². The molecule has 0 unspecified atom stereocenters. The van der Waals surface area contributed by atoms with Gasteiger partial charge in [0.15, 0.2) is 0 Å². The van der Waals surface area contributed by atoms with Gasteiger partial charge in [-0.2, -0.15) is 0 Å². The Morgan fingerprint density at radius 3 is 2.45 bits per heavy atom. The van der Waals surface area contributed by atoms with Gasteiger partial charge in [0.05, 0.1) is 6.33 Å². The molecule has 0 atom stereocenters. The van der Waals surface area contributed by atoms with Gasteiger partial charge in [-0.1, -0.05) is 13.0 Å². The summed E-state index contributed by atoms with van der Waals surface area (Å²) >= 11 is 0. The van der Waals surface area contributed by atoms with Crippen molar-refractivity contribution in [3.63, 3.8) is 0 Å². The van der Waals surface area contributed by atoms with Gasteiger partial charge in [-0.05, 0) is 49.8 Å². The molecule has 2 aliphatic rings. The summed E-state index contributed by atoms with van der Waals surface area (Å²) in [6, 6.07) is 7.07. The molecule has 1 aromatic heterocycles. The lowest BCUT2D eigenvalue weighted by Gasteiger charge is -2.36. The quantitative estimate of drug-likeness (QED) is 0.731. The number of anilines is 1. The second-order valence-electron chi connectivity index (χ2n) is 9.25. The number of carbonyl (C=O) groups excluding carboxylic acids is 3. The van der Waals surface area contributed by atoms with Gasteiger partial charge in [0, 0.05) is 68.7 Å². The van der Waals surface area contributed by atoms with E-state index in [-0.39, 0.29) is 23.6 Å². The minimum atomic E-state index is -0.111. The third-order valence-electron chi connectivity index (χ3n) is 6.78. The molecule has 0 radical (unpaired) electrons. The van der Waals surface area contributed by atoms with E-state index in [4.69, 9.17) is 0 Å². The van der Waals surface area contributed by atoms with Crippen LogP contribution in [0.2, 0.25) is 0 Å². The Morgan fingerprint density at radius 1 is 1.03 bits per heavy atom. The fourth-order valence-corrected chi connectivity index (χ4v) is 4.60. The number of amides is 3. The molecule has 3 heterocycles. The molecule has 4 rings (SSSR count). The topological polar surface area (TPSA) is 87.5 Å². The summed E-state index contributed by atoms with van der Waals surface area (Å²) in [5, 5.41) is 2.87. The molecule has 0 bridgehead atoms. The lowest BCUT2D eigenvalue weighted by Crippen LogP contribution is -2.46. The zero-order valence-electron chi connectivity index (χ0n) is 19.3. The van der Waals surface area contributed by atoms with Crippen molar-refractivity contribution in [1.29, 1.82) is 0 Å². The number of carbonyl (C=O) groups is 3. The van der Waals surface area contributed by atoms with Gasteiger partial charge in [0.1, 0.15) is 0 Å². The lowest BCUT2D eigenvalue weighted by atomic mass is 9.92. The predicted molar refractivity (Wildman–Crippen MR) is 126 cm³/mol. The lowest BCUT2D eigenvalue weighted by molar-refractivity contribution is -0.138. The third-order valence-corrected chi connectivity index (χ3v) is 6.78. The molecule has 176 valence electrons. The normalized spacial score (nSPS) is 17.7. The number of imidazole rings is 1. The minimum Gasteiger partial charge on any atom is -0.342 e. The van der Waals surface area contributed by atoms with Crippen LogP contribution in [0.4, 0.5) is 5.69 Å². The second kappa shape index (κ2) is 10.6. The largest absolute Gasteiger partial charge is 0.342 e. The smallest absolute Gasteiger partial charge is 0.253 e. The Balaban J connectivity index is 1.27. The second-order valence-corrected chi connectivity index (χ2v) is 9.25. The minimum absolute atomic E-state index is 0.0172. The van der Waals surface area contributed by atoms with E-state index in [9.17, 15) is 14.4 Å². The highest BCUT2D eigenvalue weighted by atomic mass is 16.2. The SMILES string of the molecule is CC1CCN(C(=O)C2CCN(C(=O)c3cccc(NC(=O)CCn4ccnc4)c3)CC2)CC1. The number of hydrogen-bond donors (Lipinski definition) is 1. The van der Waals surface area contributed by atoms with Crippen LogP contribution in [0.1, 0.15) is 49.4 Å². The Morgan fingerprint density at radius 2 is 1.76 bits per heavy atom. The first kappa shape index (κ1) is 23.0. The van der Waals surface area contributed by atoms with Crippen LogP contribution in [0.3, 0.4) is 0 Å². The number of piperidine rings is 2. The van der Waals surface area contributed by atoms with Crippen LogP contribution < -0.4 is 5.32 Å². The average Bonchev–Trinajstić information content (AvgIpc) is 3.36. The van der Waals surface area contributed by atoms with Crippen LogP contribution >= 0.6 is 0 Å². The van der Waals surface area contributed by atoms with E-state index in [0.717, 1.165) is 25.9 Å². The molecule has 2 aromatic rings. The molecule has 0 saturated carbocycles. The number of hydrogen-bond acceptors (Lipinski definition) is 4. The molecule has 0 aliphatic carbocycles. The van der Waals surface area contributed by atoms with Crippen molar-refractivity contribution in [3.8, 4) is 0 Å². The molecular weight excluding hydrogens is 418 g/mol. The zero-order valence-corrected chi connectivity index (χ0v) is 19.3. The molecule has 33 heavy (non-hydrogen) atoms. The van der Waals surface area contributed by atoms with E-state index in [0.29, 0.717) is 56.1 Å². The van der Waals surface area contributed by atoms with Gasteiger partial charge in [-0.15, -0.1) is 0 Å².